The third-order valence-corrected chi connectivity index (χ3v) is 4.95. The normalized spacial score (nSPS) is 10.6. The van der Waals surface area contributed by atoms with Crippen LogP contribution in [0.4, 0.5) is 5.00 Å². The maximum absolute atomic E-state index is 12.0. The highest BCUT2D eigenvalue weighted by Crippen LogP contribution is 2.31. The summed E-state index contributed by atoms with van der Waals surface area (Å²) in [6.07, 6.45) is 1.94. The number of hydrogen-bond donors (Lipinski definition) is 3. The van der Waals surface area contributed by atoms with Crippen LogP contribution >= 0.6 is 11.3 Å². The number of benzene rings is 1. The summed E-state index contributed by atoms with van der Waals surface area (Å²) in [4.78, 5) is 24.5. The van der Waals surface area contributed by atoms with E-state index in [-0.39, 0.29) is 12.5 Å². The number of rotatable bonds is 8. The molecule has 0 saturated carbocycles. The van der Waals surface area contributed by atoms with Gasteiger partial charge in [-0.2, -0.15) is 0 Å². The van der Waals surface area contributed by atoms with Gasteiger partial charge < -0.3 is 16.4 Å². The van der Waals surface area contributed by atoms with Crippen molar-refractivity contribution in [1.82, 2.24) is 5.32 Å². The number of nitrogens with one attached hydrogen (secondary N) is 2. The van der Waals surface area contributed by atoms with E-state index in [1.807, 2.05) is 32.0 Å². The Morgan fingerprint density at radius 1 is 1.17 bits per heavy atom. The smallest absolute Gasteiger partial charge is 0.251 e. The molecule has 0 atom stereocenters. The molecule has 1 aromatic heterocycles. The molecule has 2 aromatic rings. The number of hydrogen-bond acceptors (Lipinski definition) is 4. The second-order valence-corrected chi connectivity index (χ2v) is 6.89. The number of thiophene rings is 1. The third kappa shape index (κ3) is 4.91. The van der Waals surface area contributed by atoms with Crippen LogP contribution in [0, 0.1) is 13.8 Å². The van der Waals surface area contributed by atoms with Crippen LogP contribution in [0.1, 0.15) is 32.8 Å². The Bertz CT molecular complexity index is 711. The van der Waals surface area contributed by atoms with Gasteiger partial charge in [-0.1, -0.05) is 30.3 Å². The fraction of sp³-hybridized carbons (Fsp3) is 0.333. The second-order valence-electron chi connectivity index (χ2n) is 5.67. The Morgan fingerprint density at radius 2 is 1.88 bits per heavy atom. The Balaban J connectivity index is 1.76. The SMILES string of the molecule is Cc1sc(NC(=O)CNCCCc2ccccc2)c(C(N)=O)c1C. The molecule has 0 bridgehead atoms. The maximum atomic E-state index is 12.0. The van der Waals surface area contributed by atoms with Gasteiger partial charge in [0.15, 0.2) is 0 Å². The lowest BCUT2D eigenvalue weighted by Crippen LogP contribution is -2.29. The molecule has 0 aliphatic carbocycles. The number of carbonyl (C=O) groups is 2. The first-order chi connectivity index (χ1) is 11.5. The molecule has 5 nitrogen and oxygen atoms in total. The summed E-state index contributed by atoms with van der Waals surface area (Å²) in [7, 11) is 0. The fourth-order valence-corrected chi connectivity index (χ4v) is 3.53. The zero-order chi connectivity index (χ0) is 17.5. The van der Waals surface area contributed by atoms with Crippen LogP contribution in [0.3, 0.4) is 0 Å². The van der Waals surface area contributed by atoms with Crippen LogP contribution in [0.15, 0.2) is 30.3 Å². The molecule has 0 aliphatic heterocycles. The fourth-order valence-electron chi connectivity index (χ4n) is 2.45. The predicted molar refractivity (Wildman–Crippen MR) is 98.6 cm³/mol. The minimum Gasteiger partial charge on any atom is -0.365 e. The summed E-state index contributed by atoms with van der Waals surface area (Å²) in [6, 6.07) is 10.2. The largest absolute Gasteiger partial charge is 0.365 e. The molecule has 0 radical (unpaired) electrons. The van der Waals surface area contributed by atoms with Crippen LogP contribution < -0.4 is 16.4 Å². The summed E-state index contributed by atoms with van der Waals surface area (Å²) >= 11 is 1.38. The highest BCUT2D eigenvalue weighted by atomic mass is 32.1. The van der Waals surface area contributed by atoms with E-state index in [1.54, 1.807) is 0 Å². The van der Waals surface area contributed by atoms with Crippen molar-refractivity contribution in [3.05, 3.63) is 51.9 Å². The second kappa shape index (κ2) is 8.61. The van der Waals surface area contributed by atoms with E-state index in [0.29, 0.717) is 10.6 Å². The molecule has 0 fully saturated rings. The lowest BCUT2D eigenvalue weighted by molar-refractivity contribution is -0.115. The van der Waals surface area contributed by atoms with Gasteiger partial charge in [-0.05, 0) is 44.4 Å². The molecule has 1 aromatic carbocycles. The van der Waals surface area contributed by atoms with Gasteiger partial charge in [0.2, 0.25) is 5.91 Å². The average Bonchev–Trinajstić information content (AvgIpc) is 2.82. The van der Waals surface area contributed by atoms with E-state index >= 15 is 0 Å². The number of nitrogens with two attached hydrogens (primary N) is 1. The molecule has 0 unspecified atom stereocenters. The van der Waals surface area contributed by atoms with Gasteiger partial charge >= 0.3 is 0 Å². The van der Waals surface area contributed by atoms with Gasteiger partial charge in [0.05, 0.1) is 12.1 Å². The first-order valence-corrected chi connectivity index (χ1v) is 8.75. The molecular weight excluding hydrogens is 322 g/mol. The molecule has 128 valence electrons. The van der Waals surface area contributed by atoms with Gasteiger partial charge in [-0.15, -0.1) is 11.3 Å². The topological polar surface area (TPSA) is 84.2 Å². The lowest BCUT2D eigenvalue weighted by Gasteiger charge is -2.07. The molecule has 0 saturated heterocycles. The van der Waals surface area contributed by atoms with Crippen molar-refractivity contribution in [2.24, 2.45) is 5.73 Å². The number of aryl methyl sites for hydroxylation is 2. The van der Waals surface area contributed by atoms with Crippen molar-refractivity contribution in [3.8, 4) is 0 Å². The van der Waals surface area contributed by atoms with Crippen molar-refractivity contribution < 1.29 is 9.59 Å². The molecule has 2 rings (SSSR count). The van der Waals surface area contributed by atoms with Crippen molar-refractivity contribution in [1.29, 1.82) is 0 Å². The average molecular weight is 345 g/mol. The quantitative estimate of drug-likeness (QED) is 0.643. The van der Waals surface area contributed by atoms with Gasteiger partial charge in [-0.3, -0.25) is 9.59 Å². The minimum absolute atomic E-state index is 0.168. The van der Waals surface area contributed by atoms with Crippen molar-refractivity contribution in [2.75, 3.05) is 18.4 Å². The van der Waals surface area contributed by atoms with Gasteiger partial charge in [0.1, 0.15) is 5.00 Å². The summed E-state index contributed by atoms with van der Waals surface area (Å²) in [6.45, 7) is 4.71. The summed E-state index contributed by atoms with van der Waals surface area (Å²) in [5, 5.41) is 6.44. The Kier molecular flexibility index (Phi) is 6.52. The number of primary amides is 1. The van der Waals surface area contributed by atoms with E-state index in [4.69, 9.17) is 5.73 Å². The van der Waals surface area contributed by atoms with Crippen LogP contribution in [0.5, 0.6) is 0 Å². The summed E-state index contributed by atoms with van der Waals surface area (Å²) < 4.78 is 0. The molecule has 4 N–H and O–H groups in total. The maximum Gasteiger partial charge on any atom is 0.251 e. The summed E-state index contributed by atoms with van der Waals surface area (Å²) in [5.41, 5.74) is 7.94. The zero-order valence-electron chi connectivity index (χ0n) is 14.0. The van der Waals surface area contributed by atoms with Crippen molar-refractivity contribution >= 4 is 28.2 Å². The van der Waals surface area contributed by atoms with Crippen molar-refractivity contribution in [3.63, 3.8) is 0 Å². The lowest BCUT2D eigenvalue weighted by atomic mass is 10.1. The number of carbonyl (C=O) groups excluding carboxylic acids is 2. The molecule has 24 heavy (non-hydrogen) atoms. The molecular formula is C18H23N3O2S. The zero-order valence-corrected chi connectivity index (χ0v) is 14.8. The third-order valence-electron chi connectivity index (χ3n) is 3.83. The van der Waals surface area contributed by atoms with E-state index in [2.05, 4.69) is 22.8 Å². The molecule has 2 amide bonds. The van der Waals surface area contributed by atoms with E-state index in [9.17, 15) is 9.59 Å². The predicted octanol–water partition coefficient (Wildman–Crippen LogP) is 2.62. The van der Waals surface area contributed by atoms with Crippen LogP contribution in [-0.4, -0.2) is 24.9 Å². The van der Waals surface area contributed by atoms with E-state index < -0.39 is 5.91 Å². The number of anilines is 1. The van der Waals surface area contributed by atoms with Gasteiger partial charge in [-0.25, -0.2) is 0 Å². The molecule has 0 aliphatic rings. The molecule has 0 spiro atoms. The van der Waals surface area contributed by atoms with Crippen molar-refractivity contribution in [2.45, 2.75) is 26.7 Å². The molecule has 6 heteroatoms. The van der Waals surface area contributed by atoms with Crippen LogP contribution in [0.2, 0.25) is 0 Å². The Hall–Kier alpha value is -2.18. The van der Waals surface area contributed by atoms with Gasteiger partial charge in [0.25, 0.3) is 5.91 Å². The highest BCUT2D eigenvalue weighted by molar-refractivity contribution is 7.16. The monoisotopic (exact) mass is 345 g/mol. The first-order valence-electron chi connectivity index (χ1n) is 7.93. The minimum atomic E-state index is -0.511. The number of amides is 2. The Morgan fingerprint density at radius 3 is 2.54 bits per heavy atom. The van der Waals surface area contributed by atoms with Gasteiger partial charge in [0, 0.05) is 4.88 Å². The van der Waals surface area contributed by atoms with E-state index in [1.165, 1.54) is 16.9 Å². The van der Waals surface area contributed by atoms with Crippen LogP contribution in [0.25, 0.3) is 0 Å². The summed E-state index contributed by atoms with van der Waals surface area (Å²) in [5.74, 6) is -0.679. The first kappa shape index (κ1) is 18.2. The highest BCUT2D eigenvalue weighted by Gasteiger charge is 2.18. The Labute approximate surface area is 146 Å². The van der Waals surface area contributed by atoms with Crippen LogP contribution in [-0.2, 0) is 11.2 Å². The van der Waals surface area contributed by atoms with E-state index in [0.717, 1.165) is 29.8 Å². The molecule has 1 heterocycles. The standard InChI is InChI=1S/C18H23N3O2S/c1-12-13(2)24-18(16(12)17(19)23)21-15(22)11-20-10-6-9-14-7-4-3-5-8-14/h3-5,7-8,20H,6,9-11H2,1-2H3,(H2,19,23)(H,21,22).